The number of anilines is 1. The number of rotatable bonds is 5. The van der Waals surface area contributed by atoms with Crippen LogP contribution in [-0.2, 0) is 6.42 Å². The number of halogens is 1. The summed E-state index contributed by atoms with van der Waals surface area (Å²) in [5.74, 6) is 1.02. The topological polar surface area (TPSA) is 76.4 Å². The molecule has 0 radical (unpaired) electrons. The average molecular weight is 448 g/mol. The van der Waals surface area contributed by atoms with Crippen molar-refractivity contribution in [1.29, 1.82) is 0 Å². The molecule has 0 amide bonds. The minimum atomic E-state index is 0. The summed E-state index contributed by atoms with van der Waals surface area (Å²) < 4.78 is 5.54. The summed E-state index contributed by atoms with van der Waals surface area (Å²) in [4.78, 5) is 8.80. The Bertz CT molecular complexity index is 813. The van der Waals surface area contributed by atoms with Crippen molar-refractivity contribution in [2.24, 2.45) is 10.7 Å². The van der Waals surface area contributed by atoms with Gasteiger partial charge in [-0.3, -0.25) is 4.99 Å². The van der Waals surface area contributed by atoms with Crippen molar-refractivity contribution in [3.63, 3.8) is 0 Å². The zero-order valence-electron chi connectivity index (χ0n) is 14.0. The molecule has 0 aliphatic carbocycles. The SMILES string of the molecule is Cc1ccc(-c2nc(CCN=C(N)Nc3ccccc3)co2)cc1.I. The second kappa shape index (κ2) is 9.22. The van der Waals surface area contributed by atoms with Crippen molar-refractivity contribution in [3.05, 3.63) is 72.1 Å². The van der Waals surface area contributed by atoms with Crippen LogP contribution >= 0.6 is 24.0 Å². The van der Waals surface area contributed by atoms with Gasteiger partial charge in [0.05, 0.1) is 5.69 Å². The van der Waals surface area contributed by atoms with Crippen LogP contribution in [0, 0.1) is 6.92 Å². The standard InChI is InChI=1S/C19H20N4O.HI/c1-14-7-9-15(10-8-14)18-22-17(13-24-18)11-12-21-19(20)23-16-5-3-2-4-6-16;/h2-10,13H,11-12H2,1H3,(H3,20,21,23);1H. The number of guanidine groups is 1. The van der Waals surface area contributed by atoms with Crippen molar-refractivity contribution < 1.29 is 4.42 Å². The minimum absolute atomic E-state index is 0. The Labute approximate surface area is 164 Å². The van der Waals surface area contributed by atoms with Crippen LogP contribution in [0.5, 0.6) is 0 Å². The maximum Gasteiger partial charge on any atom is 0.226 e. The molecule has 0 bridgehead atoms. The summed E-state index contributed by atoms with van der Waals surface area (Å²) >= 11 is 0. The van der Waals surface area contributed by atoms with E-state index in [0.717, 1.165) is 16.9 Å². The fourth-order valence-electron chi connectivity index (χ4n) is 2.25. The predicted molar refractivity (Wildman–Crippen MR) is 112 cm³/mol. The Morgan fingerprint density at radius 1 is 1.12 bits per heavy atom. The zero-order chi connectivity index (χ0) is 16.8. The molecule has 0 atom stereocenters. The molecule has 5 nitrogen and oxygen atoms in total. The summed E-state index contributed by atoms with van der Waals surface area (Å²) in [6.07, 6.45) is 2.35. The van der Waals surface area contributed by atoms with Crippen molar-refractivity contribution >= 4 is 35.6 Å². The fraction of sp³-hybridized carbons (Fsp3) is 0.158. The first kappa shape index (κ1) is 19.0. The second-order valence-electron chi connectivity index (χ2n) is 5.52. The Kier molecular flexibility index (Phi) is 7.00. The van der Waals surface area contributed by atoms with Crippen molar-refractivity contribution in [1.82, 2.24) is 4.98 Å². The van der Waals surface area contributed by atoms with Crippen LogP contribution in [0.25, 0.3) is 11.5 Å². The number of nitrogens with two attached hydrogens (primary N) is 1. The summed E-state index contributed by atoms with van der Waals surface area (Å²) in [5, 5.41) is 3.05. The van der Waals surface area contributed by atoms with Crippen molar-refractivity contribution in [2.45, 2.75) is 13.3 Å². The molecular formula is C19H21IN4O. The first-order valence-electron chi connectivity index (χ1n) is 7.84. The Morgan fingerprint density at radius 3 is 2.56 bits per heavy atom. The van der Waals surface area contributed by atoms with Gasteiger partial charge in [-0.2, -0.15) is 0 Å². The van der Waals surface area contributed by atoms with Gasteiger partial charge >= 0.3 is 0 Å². The normalized spacial score (nSPS) is 11.0. The molecule has 6 heteroatoms. The smallest absolute Gasteiger partial charge is 0.226 e. The molecule has 2 aromatic carbocycles. The monoisotopic (exact) mass is 448 g/mol. The van der Waals surface area contributed by atoms with Gasteiger partial charge in [-0.1, -0.05) is 35.9 Å². The largest absolute Gasteiger partial charge is 0.444 e. The van der Waals surface area contributed by atoms with Gasteiger partial charge in [0, 0.05) is 24.2 Å². The molecule has 0 unspecified atom stereocenters. The number of oxazole rings is 1. The predicted octanol–water partition coefficient (Wildman–Crippen LogP) is 4.24. The molecule has 3 aromatic rings. The Hall–Kier alpha value is -2.35. The highest BCUT2D eigenvalue weighted by atomic mass is 127. The third-order valence-corrected chi connectivity index (χ3v) is 3.55. The zero-order valence-corrected chi connectivity index (χ0v) is 16.3. The van der Waals surface area contributed by atoms with E-state index in [1.165, 1.54) is 5.56 Å². The molecule has 0 aliphatic rings. The quantitative estimate of drug-likeness (QED) is 0.348. The molecule has 0 spiro atoms. The van der Waals surface area contributed by atoms with E-state index in [1.54, 1.807) is 6.26 Å². The van der Waals surface area contributed by atoms with Crippen molar-refractivity contribution in [3.8, 4) is 11.5 Å². The second-order valence-corrected chi connectivity index (χ2v) is 5.52. The molecular weight excluding hydrogens is 427 g/mol. The number of aliphatic imine (C=N–C) groups is 1. The van der Waals surface area contributed by atoms with Gasteiger partial charge in [0.1, 0.15) is 6.26 Å². The molecule has 1 aromatic heterocycles. The van der Waals surface area contributed by atoms with E-state index in [1.807, 2.05) is 54.6 Å². The number of nitrogens with zero attached hydrogens (tertiary/aromatic N) is 2. The molecule has 1 heterocycles. The van der Waals surface area contributed by atoms with E-state index in [0.29, 0.717) is 24.8 Å². The fourth-order valence-corrected chi connectivity index (χ4v) is 2.25. The molecule has 0 saturated carbocycles. The molecule has 0 saturated heterocycles. The number of hydrogen-bond donors (Lipinski definition) is 2. The Balaban J connectivity index is 0.00000225. The van der Waals surface area contributed by atoms with Crippen LogP contribution < -0.4 is 11.1 Å². The van der Waals surface area contributed by atoms with E-state index in [-0.39, 0.29) is 24.0 Å². The average Bonchev–Trinajstić information content (AvgIpc) is 3.05. The van der Waals surface area contributed by atoms with E-state index in [2.05, 4.69) is 22.2 Å². The lowest BCUT2D eigenvalue weighted by Crippen LogP contribution is -2.23. The molecule has 25 heavy (non-hydrogen) atoms. The number of aromatic nitrogens is 1. The van der Waals surface area contributed by atoms with Crippen LogP contribution in [0.3, 0.4) is 0 Å². The number of para-hydroxylation sites is 1. The van der Waals surface area contributed by atoms with Crippen molar-refractivity contribution in [2.75, 3.05) is 11.9 Å². The molecule has 0 fully saturated rings. The number of aryl methyl sites for hydroxylation is 1. The summed E-state index contributed by atoms with van der Waals surface area (Å²) in [6, 6.07) is 17.8. The number of hydrogen-bond acceptors (Lipinski definition) is 3. The lowest BCUT2D eigenvalue weighted by Gasteiger charge is -2.04. The van der Waals surface area contributed by atoms with Gasteiger partial charge in [0.15, 0.2) is 5.96 Å². The third-order valence-electron chi connectivity index (χ3n) is 3.55. The van der Waals surface area contributed by atoms with Gasteiger partial charge in [0.2, 0.25) is 5.89 Å². The van der Waals surface area contributed by atoms with Crippen LogP contribution in [-0.4, -0.2) is 17.5 Å². The van der Waals surface area contributed by atoms with E-state index in [4.69, 9.17) is 10.2 Å². The highest BCUT2D eigenvalue weighted by Crippen LogP contribution is 2.19. The maximum absolute atomic E-state index is 5.88. The van der Waals surface area contributed by atoms with Gasteiger partial charge in [0.25, 0.3) is 0 Å². The molecule has 130 valence electrons. The molecule has 3 N–H and O–H groups in total. The van der Waals surface area contributed by atoms with Gasteiger partial charge in [-0.15, -0.1) is 24.0 Å². The number of benzene rings is 2. The van der Waals surface area contributed by atoms with Crippen LogP contribution in [0.2, 0.25) is 0 Å². The third kappa shape index (κ3) is 5.60. The van der Waals surface area contributed by atoms with Crippen LogP contribution in [0.1, 0.15) is 11.3 Å². The lowest BCUT2D eigenvalue weighted by molar-refractivity contribution is 0.572. The van der Waals surface area contributed by atoms with Gasteiger partial charge in [-0.05, 0) is 31.2 Å². The van der Waals surface area contributed by atoms with Gasteiger partial charge in [-0.25, -0.2) is 4.98 Å². The van der Waals surface area contributed by atoms with E-state index >= 15 is 0 Å². The summed E-state index contributed by atoms with van der Waals surface area (Å²) in [6.45, 7) is 2.60. The molecule has 3 rings (SSSR count). The van der Waals surface area contributed by atoms with E-state index in [9.17, 15) is 0 Å². The molecule has 0 aliphatic heterocycles. The maximum atomic E-state index is 5.88. The van der Waals surface area contributed by atoms with E-state index < -0.39 is 0 Å². The Morgan fingerprint density at radius 2 is 1.84 bits per heavy atom. The highest BCUT2D eigenvalue weighted by molar-refractivity contribution is 14.0. The van der Waals surface area contributed by atoms with Crippen LogP contribution in [0.15, 0.2) is 70.3 Å². The lowest BCUT2D eigenvalue weighted by atomic mass is 10.1. The highest BCUT2D eigenvalue weighted by Gasteiger charge is 2.06. The first-order valence-corrected chi connectivity index (χ1v) is 7.84. The summed E-state index contributed by atoms with van der Waals surface area (Å²) in [7, 11) is 0. The first-order chi connectivity index (χ1) is 11.7. The minimum Gasteiger partial charge on any atom is -0.444 e. The summed E-state index contributed by atoms with van der Waals surface area (Å²) in [5.41, 5.74) is 9.84. The van der Waals surface area contributed by atoms with Gasteiger partial charge < -0.3 is 15.5 Å². The van der Waals surface area contributed by atoms with Crippen LogP contribution in [0.4, 0.5) is 5.69 Å². The number of nitrogens with one attached hydrogen (secondary N) is 1.